The number of piperazine rings is 1. The van der Waals surface area contributed by atoms with Crippen LogP contribution in [0.1, 0.15) is 11.6 Å². The Hall–Kier alpha value is -0.340. The van der Waals surface area contributed by atoms with Gasteiger partial charge in [0.1, 0.15) is 18.5 Å². The minimum atomic E-state index is -3.29. The predicted octanol–water partition coefficient (Wildman–Crippen LogP) is 2.58. The fraction of sp³-hybridized carbons (Fsp3) is 0.538. The number of hydrogen-bond donors (Lipinski definition) is 2. The van der Waals surface area contributed by atoms with Gasteiger partial charge < -0.3 is 10.4 Å². The van der Waals surface area contributed by atoms with Crippen LogP contribution in [0.25, 0.3) is 0 Å². The Labute approximate surface area is 136 Å². The van der Waals surface area contributed by atoms with Crippen LogP contribution in [0.15, 0.2) is 22.7 Å². The van der Waals surface area contributed by atoms with Crippen LogP contribution in [0.2, 0.25) is 0 Å². The molecule has 0 amide bonds. The average Bonchev–Trinajstić information content (AvgIpc) is 2.43. The summed E-state index contributed by atoms with van der Waals surface area (Å²) in [6.45, 7) is 0.868. The Morgan fingerprint density at radius 3 is 2.48 bits per heavy atom. The molecule has 1 aromatic carbocycles. The fourth-order valence-electron chi connectivity index (χ4n) is 2.44. The summed E-state index contributed by atoms with van der Waals surface area (Å²) in [4.78, 5) is 1.62. The molecule has 0 spiro atoms. The van der Waals surface area contributed by atoms with Crippen molar-refractivity contribution in [2.45, 2.75) is 12.0 Å². The molecule has 0 saturated carbocycles. The lowest BCUT2D eigenvalue weighted by Gasteiger charge is -2.39. The molecule has 0 bridgehead atoms. The van der Waals surface area contributed by atoms with Gasteiger partial charge in [0.15, 0.2) is 0 Å². The van der Waals surface area contributed by atoms with E-state index in [9.17, 15) is 13.2 Å². The first-order chi connectivity index (χ1) is 9.45. The van der Waals surface area contributed by atoms with Crippen LogP contribution in [0.3, 0.4) is 0 Å². The molecular weight excluding hydrogens is 373 g/mol. The Bertz CT molecular complexity index is 473. The monoisotopic (exact) mass is 388 g/mol. The van der Waals surface area contributed by atoms with E-state index in [0.717, 1.165) is 12.1 Å². The number of benzene rings is 1. The van der Waals surface area contributed by atoms with Gasteiger partial charge in [-0.15, -0.1) is 12.4 Å². The summed E-state index contributed by atoms with van der Waals surface area (Å²) in [5.41, 5.74) is 0.285. The van der Waals surface area contributed by atoms with Crippen molar-refractivity contribution in [3.63, 3.8) is 0 Å². The third kappa shape index (κ3) is 4.32. The van der Waals surface area contributed by atoms with E-state index in [1.54, 1.807) is 4.90 Å². The van der Waals surface area contributed by atoms with Crippen LogP contribution in [0.4, 0.5) is 13.2 Å². The predicted molar refractivity (Wildman–Crippen MR) is 80.6 cm³/mol. The SMILES string of the molecule is Cl.OCC(F)(F)[C@@H](c1ccc(F)cc1Br)N1CCNCC1. The highest BCUT2D eigenvalue weighted by Crippen LogP contribution is 2.39. The molecule has 1 fully saturated rings. The number of aliphatic hydroxyl groups is 1. The Morgan fingerprint density at radius 1 is 1.33 bits per heavy atom. The number of nitrogens with zero attached hydrogens (tertiary/aromatic N) is 1. The van der Waals surface area contributed by atoms with Crippen LogP contribution in [0, 0.1) is 5.82 Å². The molecule has 21 heavy (non-hydrogen) atoms. The second-order valence-corrected chi connectivity index (χ2v) is 5.63. The maximum Gasteiger partial charge on any atom is 0.289 e. The summed E-state index contributed by atoms with van der Waals surface area (Å²) < 4.78 is 41.7. The molecule has 1 aliphatic rings. The van der Waals surface area contributed by atoms with Crippen molar-refractivity contribution in [2.75, 3.05) is 32.8 Å². The van der Waals surface area contributed by atoms with Gasteiger partial charge in [0.25, 0.3) is 5.92 Å². The molecule has 0 aliphatic carbocycles. The highest BCUT2D eigenvalue weighted by molar-refractivity contribution is 9.10. The number of hydrogen-bond acceptors (Lipinski definition) is 3. The van der Waals surface area contributed by atoms with E-state index in [2.05, 4.69) is 21.2 Å². The molecule has 8 heteroatoms. The standard InChI is InChI=1S/C13H16BrF3N2O.ClH/c14-11-7-9(15)1-2-10(11)12(13(16,17)8-20)19-5-3-18-4-6-19;/h1-2,7,12,18,20H,3-6,8H2;1H/t12-;/m1./s1. The van der Waals surface area contributed by atoms with E-state index in [-0.39, 0.29) is 22.4 Å². The summed E-state index contributed by atoms with van der Waals surface area (Å²) >= 11 is 3.14. The molecule has 0 aromatic heterocycles. The number of alkyl halides is 2. The van der Waals surface area contributed by atoms with Crippen molar-refractivity contribution in [1.82, 2.24) is 10.2 Å². The third-order valence-corrected chi connectivity index (χ3v) is 4.07. The molecule has 1 aromatic rings. The number of aliphatic hydroxyl groups excluding tert-OH is 1. The quantitative estimate of drug-likeness (QED) is 0.831. The van der Waals surface area contributed by atoms with Crippen LogP contribution >= 0.6 is 28.3 Å². The summed E-state index contributed by atoms with van der Waals surface area (Å²) in [5, 5.41) is 12.1. The second-order valence-electron chi connectivity index (χ2n) is 4.77. The summed E-state index contributed by atoms with van der Waals surface area (Å²) in [6.07, 6.45) is 0. The van der Waals surface area contributed by atoms with Gasteiger partial charge in [-0.25, -0.2) is 13.2 Å². The van der Waals surface area contributed by atoms with Gasteiger partial charge in [-0.05, 0) is 17.7 Å². The minimum absolute atomic E-state index is 0. The smallest absolute Gasteiger partial charge is 0.289 e. The fourth-order valence-corrected chi connectivity index (χ4v) is 3.01. The van der Waals surface area contributed by atoms with Crippen LogP contribution in [-0.2, 0) is 0 Å². The second kappa shape index (κ2) is 7.78. The van der Waals surface area contributed by atoms with E-state index < -0.39 is 24.4 Å². The molecule has 1 atom stereocenters. The minimum Gasteiger partial charge on any atom is -0.390 e. The lowest BCUT2D eigenvalue weighted by molar-refractivity contribution is -0.118. The van der Waals surface area contributed by atoms with Gasteiger partial charge in [-0.1, -0.05) is 22.0 Å². The molecule has 2 rings (SSSR count). The zero-order valence-electron chi connectivity index (χ0n) is 11.2. The van der Waals surface area contributed by atoms with Gasteiger partial charge in [0, 0.05) is 30.7 Å². The largest absolute Gasteiger partial charge is 0.390 e. The third-order valence-electron chi connectivity index (χ3n) is 3.38. The van der Waals surface area contributed by atoms with Gasteiger partial charge in [0.2, 0.25) is 0 Å². The first kappa shape index (κ1) is 18.7. The maximum atomic E-state index is 14.1. The van der Waals surface area contributed by atoms with Crippen LogP contribution in [0.5, 0.6) is 0 Å². The first-order valence-electron chi connectivity index (χ1n) is 6.34. The summed E-state index contributed by atoms with van der Waals surface area (Å²) in [5.74, 6) is -3.79. The van der Waals surface area contributed by atoms with Crippen LogP contribution < -0.4 is 5.32 Å². The average molecular weight is 390 g/mol. The van der Waals surface area contributed by atoms with Crippen molar-refractivity contribution in [1.29, 1.82) is 0 Å². The summed E-state index contributed by atoms with van der Waals surface area (Å²) in [6, 6.07) is 2.39. The molecule has 120 valence electrons. The van der Waals surface area contributed by atoms with Crippen molar-refractivity contribution >= 4 is 28.3 Å². The zero-order valence-corrected chi connectivity index (χ0v) is 13.6. The normalized spacial score (nSPS) is 18.1. The molecule has 1 heterocycles. The topological polar surface area (TPSA) is 35.5 Å². The zero-order chi connectivity index (χ0) is 14.8. The van der Waals surface area contributed by atoms with Gasteiger partial charge >= 0.3 is 0 Å². The van der Waals surface area contributed by atoms with Crippen molar-refractivity contribution < 1.29 is 18.3 Å². The molecule has 1 aliphatic heterocycles. The highest BCUT2D eigenvalue weighted by atomic mass is 79.9. The van der Waals surface area contributed by atoms with Gasteiger partial charge in [-0.3, -0.25) is 4.90 Å². The Morgan fingerprint density at radius 2 is 1.95 bits per heavy atom. The summed E-state index contributed by atoms with van der Waals surface area (Å²) in [7, 11) is 0. The van der Waals surface area contributed by atoms with Crippen molar-refractivity contribution in [3.8, 4) is 0 Å². The first-order valence-corrected chi connectivity index (χ1v) is 7.13. The lowest BCUT2D eigenvalue weighted by atomic mass is 9.98. The maximum absolute atomic E-state index is 14.1. The molecule has 0 unspecified atom stereocenters. The van der Waals surface area contributed by atoms with E-state index in [1.807, 2.05) is 0 Å². The van der Waals surface area contributed by atoms with Crippen molar-refractivity contribution in [3.05, 3.63) is 34.1 Å². The van der Waals surface area contributed by atoms with Crippen LogP contribution in [-0.4, -0.2) is 48.7 Å². The molecule has 1 saturated heterocycles. The number of nitrogens with one attached hydrogen (secondary N) is 1. The molecule has 0 radical (unpaired) electrons. The van der Waals surface area contributed by atoms with Gasteiger partial charge in [0.05, 0.1) is 0 Å². The van der Waals surface area contributed by atoms with E-state index in [0.29, 0.717) is 26.2 Å². The highest BCUT2D eigenvalue weighted by Gasteiger charge is 2.44. The molecular formula is C13H17BrClF3N2O. The molecule has 3 nitrogen and oxygen atoms in total. The van der Waals surface area contributed by atoms with Crippen molar-refractivity contribution in [2.24, 2.45) is 0 Å². The molecule has 2 N–H and O–H groups in total. The number of halogens is 5. The Kier molecular flexibility index (Phi) is 6.93. The lowest BCUT2D eigenvalue weighted by Crippen LogP contribution is -2.51. The van der Waals surface area contributed by atoms with E-state index >= 15 is 0 Å². The van der Waals surface area contributed by atoms with Gasteiger partial charge in [-0.2, -0.15) is 0 Å². The Balaban J connectivity index is 0.00000220. The van der Waals surface area contributed by atoms with E-state index in [4.69, 9.17) is 5.11 Å². The number of rotatable bonds is 4. The van der Waals surface area contributed by atoms with E-state index in [1.165, 1.54) is 6.07 Å².